The lowest BCUT2D eigenvalue weighted by atomic mass is 10.0. The van der Waals surface area contributed by atoms with Crippen molar-refractivity contribution in [3.8, 4) is 11.5 Å². The van der Waals surface area contributed by atoms with Crippen LogP contribution in [0.4, 0.5) is 0 Å². The first-order valence-corrected chi connectivity index (χ1v) is 7.77. The second-order valence-corrected chi connectivity index (χ2v) is 5.58. The highest BCUT2D eigenvalue weighted by Gasteiger charge is 2.18. The molecule has 1 aromatic rings. The van der Waals surface area contributed by atoms with Crippen LogP contribution in [0.3, 0.4) is 0 Å². The van der Waals surface area contributed by atoms with Crippen LogP contribution in [-0.4, -0.2) is 30.6 Å². The highest BCUT2D eigenvalue weighted by molar-refractivity contribution is 5.73. The topological polar surface area (TPSA) is 38.8 Å². The van der Waals surface area contributed by atoms with Crippen molar-refractivity contribution in [2.45, 2.75) is 39.8 Å². The zero-order valence-corrected chi connectivity index (χ0v) is 14.6. The third-order valence-corrected chi connectivity index (χ3v) is 3.40. The quantitative estimate of drug-likeness (QED) is 0.651. The van der Waals surface area contributed by atoms with E-state index in [2.05, 4.69) is 13.2 Å². The van der Waals surface area contributed by atoms with Crippen LogP contribution >= 0.6 is 0 Å². The Kier molecular flexibility index (Phi) is 7.39. The third-order valence-electron chi connectivity index (χ3n) is 3.40. The van der Waals surface area contributed by atoms with Gasteiger partial charge in [0.15, 0.2) is 11.5 Å². The number of hydrogen-bond donors (Lipinski definition) is 0. The number of allylic oxidation sites excluding steroid dienone is 1. The predicted molar refractivity (Wildman–Crippen MR) is 93.9 cm³/mol. The van der Waals surface area contributed by atoms with Crippen LogP contribution in [0.25, 0.3) is 0 Å². The smallest absolute Gasteiger partial charge is 0.220 e. The maximum Gasteiger partial charge on any atom is 0.220 e. The molecule has 4 nitrogen and oxygen atoms in total. The van der Waals surface area contributed by atoms with Gasteiger partial charge in [-0.15, -0.1) is 13.2 Å². The van der Waals surface area contributed by atoms with Gasteiger partial charge in [-0.2, -0.15) is 0 Å². The first-order valence-electron chi connectivity index (χ1n) is 7.77. The van der Waals surface area contributed by atoms with E-state index in [0.717, 1.165) is 16.9 Å². The van der Waals surface area contributed by atoms with E-state index in [9.17, 15) is 4.79 Å². The molecule has 0 aliphatic carbocycles. The predicted octanol–water partition coefficient (Wildman–Crippen LogP) is 3.75. The Balaban J connectivity index is 3.32. The molecule has 0 bridgehead atoms. The lowest BCUT2D eigenvalue weighted by molar-refractivity contribution is -0.128. The summed E-state index contributed by atoms with van der Waals surface area (Å²) in [5, 5.41) is 0. The molecule has 0 saturated carbocycles. The highest BCUT2D eigenvalue weighted by Crippen LogP contribution is 2.35. The minimum absolute atomic E-state index is 0.0107. The second kappa shape index (κ2) is 9.03. The molecule has 0 heterocycles. The molecule has 0 aliphatic rings. The monoisotopic (exact) mass is 317 g/mol. The van der Waals surface area contributed by atoms with Gasteiger partial charge in [0.1, 0.15) is 0 Å². The zero-order chi connectivity index (χ0) is 17.4. The van der Waals surface area contributed by atoms with Gasteiger partial charge in [0, 0.05) is 25.6 Å². The SMILES string of the molecule is C=CCc1c(CN(CC=C)C(C)=O)ccc(OC)c1OC(C)C. The minimum Gasteiger partial charge on any atom is -0.493 e. The number of nitrogens with zero attached hydrogens (tertiary/aromatic N) is 1. The Bertz CT molecular complexity index is 564. The molecule has 0 aliphatic heterocycles. The van der Waals surface area contributed by atoms with E-state index < -0.39 is 0 Å². The Labute approximate surface area is 139 Å². The molecule has 0 unspecified atom stereocenters. The fourth-order valence-corrected chi connectivity index (χ4v) is 2.35. The van der Waals surface area contributed by atoms with E-state index in [1.807, 2.05) is 32.1 Å². The normalized spacial score (nSPS) is 10.3. The molecule has 0 aromatic heterocycles. The molecule has 23 heavy (non-hydrogen) atoms. The fraction of sp³-hybridized carbons (Fsp3) is 0.421. The Morgan fingerprint density at radius 3 is 2.48 bits per heavy atom. The van der Waals surface area contributed by atoms with E-state index >= 15 is 0 Å². The van der Waals surface area contributed by atoms with Crippen LogP contribution in [0.15, 0.2) is 37.4 Å². The summed E-state index contributed by atoms with van der Waals surface area (Å²) in [7, 11) is 1.62. The number of benzene rings is 1. The molecule has 126 valence electrons. The van der Waals surface area contributed by atoms with Crippen LogP contribution in [0.1, 0.15) is 31.9 Å². The maximum atomic E-state index is 11.8. The summed E-state index contributed by atoms with van der Waals surface area (Å²) in [4.78, 5) is 13.5. The molecule has 0 spiro atoms. The summed E-state index contributed by atoms with van der Waals surface area (Å²) >= 11 is 0. The van der Waals surface area contributed by atoms with Crippen molar-refractivity contribution in [1.82, 2.24) is 4.90 Å². The summed E-state index contributed by atoms with van der Waals surface area (Å²) in [6, 6.07) is 3.86. The number of methoxy groups -OCH3 is 1. The molecule has 1 aromatic carbocycles. The van der Waals surface area contributed by atoms with Crippen molar-refractivity contribution in [3.63, 3.8) is 0 Å². The summed E-state index contributed by atoms with van der Waals surface area (Å²) in [6.45, 7) is 14.1. The Morgan fingerprint density at radius 2 is 2.00 bits per heavy atom. The van der Waals surface area contributed by atoms with E-state index in [0.29, 0.717) is 25.3 Å². The third kappa shape index (κ3) is 5.16. The highest BCUT2D eigenvalue weighted by atomic mass is 16.5. The first kappa shape index (κ1) is 18.8. The molecule has 0 atom stereocenters. The van der Waals surface area contributed by atoms with Crippen LogP contribution in [0.5, 0.6) is 11.5 Å². The fourth-order valence-electron chi connectivity index (χ4n) is 2.35. The van der Waals surface area contributed by atoms with Gasteiger partial charge in [0.25, 0.3) is 0 Å². The molecular weight excluding hydrogens is 290 g/mol. The van der Waals surface area contributed by atoms with Gasteiger partial charge in [0.05, 0.1) is 13.2 Å². The summed E-state index contributed by atoms with van der Waals surface area (Å²) in [5.41, 5.74) is 2.03. The van der Waals surface area contributed by atoms with Gasteiger partial charge < -0.3 is 14.4 Å². The van der Waals surface area contributed by atoms with Crippen molar-refractivity contribution in [1.29, 1.82) is 0 Å². The summed E-state index contributed by atoms with van der Waals surface area (Å²) < 4.78 is 11.4. The molecule has 1 rings (SSSR count). The Morgan fingerprint density at radius 1 is 1.30 bits per heavy atom. The average molecular weight is 317 g/mol. The standard InChI is InChI=1S/C19H27NO3/c1-7-9-17-16(13-20(12-8-2)15(5)21)10-11-18(22-6)19(17)23-14(3)4/h7-8,10-11,14H,1-2,9,12-13H2,3-6H3. The van der Waals surface area contributed by atoms with Gasteiger partial charge in [-0.05, 0) is 31.9 Å². The van der Waals surface area contributed by atoms with Crippen LogP contribution < -0.4 is 9.47 Å². The van der Waals surface area contributed by atoms with Crippen LogP contribution in [-0.2, 0) is 17.8 Å². The lowest BCUT2D eigenvalue weighted by Gasteiger charge is -2.24. The lowest BCUT2D eigenvalue weighted by Crippen LogP contribution is -2.28. The second-order valence-electron chi connectivity index (χ2n) is 5.58. The van der Waals surface area contributed by atoms with E-state index in [4.69, 9.17) is 9.47 Å². The summed E-state index contributed by atoms with van der Waals surface area (Å²) in [5.74, 6) is 1.43. The van der Waals surface area contributed by atoms with Gasteiger partial charge in [0.2, 0.25) is 5.91 Å². The van der Waals surface area contributed by atoms with Crippen molar-refractivity contribution in [2.24, 2.45) is 0 Å². The summed E-state index contributed by atoms with van der Waals surface area (Å²) in [6.07, 6.45) is 4.23. The molecule has 0 fully saturated rings. The van der Waals surface area contributed by atoms with Gasteiger partial charge in [-0.25, -0.2) is 0 Å². The Hall–Kier alpha value is -2.23. The largest absolute Gasteiger partial charge is 0.493 e. The zero-order valence-electron chi connectivity index (χ0n) is 14.6. The van der Waals surface area contributed by atoms with Crippen LogP contribution in [0.2, 0.25) is 0 Å². The van der Waals surface area contributed by atoms with E-state index in [1.165, 1.54) is 0 Å². The molecule has 1 amide bonds. The van der Waals surface area contributed by atoms with E-state index in [-0.39, 0.29) is 12.0 Å². The van der Waals surface area contributed by atoms with Gasteiger partial charge in [-0.1, -0.05) is 18.2 Å². The molecular formula is C19H27NO3. The molecule has 0 radical (unpaired) electrons. The van der Waals surface area contributed by atoms with Crippen LogP contribution in [0, 0.1) is 0 Å². The molecule has 0 N–H and O–H groups in total. The molecule has 0 saturated heterocycles. The minimum atomic E-state index is 0.0107. The molecule has 4 heteroatoms. The van der Waals surface area contributed by atoms with Gasteiger partial charge >= 0.3 is 0 Å². The number of carbonyl (C=O) groups excluding carboxylic acids is 1. The number of amides is 1. The first-order chi connectivity index (χ1) is 10.9. The number of carbonyl (C=O) groups is 1. The maximum absolute atomic E-state index is 11.8. The van der Waals surface area contributed by atoms with Crippen molar-refractivity contribution < 1.29 is 14.3 Å². The van der Waals surface area contributed by atoms with Crippen molar-refractivity contribution >= 4 is 5.91 Å². The number of rotatable bonds is 9. The number of ether oxygens (including phenoxy) is 2. The van der Waals surface area contributed by atoms with Crippen molar-refractivity contribution in [2.75, 3.05) is 13.7 Å². The van der Waals surface area contributed by atoms with Crippen molar-refractivity contribution in [3.05, 3.63) is 48.6 Å². The van der Waals surface area contributed by atoms with Gasteiger partial charge in [-0.3, -0.25) is 4.79 Å². The number of hydrogen-bond acceptors (Lipinski definition) is 3. The average Bonchev–Trinajstić information content (AvgIpc) is 2.49. The van der Waals surface area contributed by atoms with E-state index in [1.54, 1.807) is 25.0 Å².